The van der Waals surface area contributed by atoms with Gasteiger partial charge in [0, 0.05) is 5.92 Å². The molecule has 2 N–H and O–H groups in total. The van der Waals surface area contributed by atoms with Crippen LogP contribution in [-0.4, -0.2) is 15.9 Å². The minimum atomic E-state index is -0.0313. The van der Waals surface area contributed by atoms with E-state index in [9.17, 15) is 4.79 Å². The minimum absolute atomic E-state index is 0.0154. The third-order valence-corrected chi connectivity index (χ3v) is 4.23. The molecule has 5 heteroatoms. The Bertz CT molecular complexity index is 887. The van der Waals surface area contributed by atoms with Gasteiger partial charge in [-0.1, -0.05) is 24.3 Å². The zero-order valence-corrected chi connectivity index (χ0v) is 12.3. The topological polar surface area (TPSA) is 81.6 Å². The molecule has 3 aromatic rings. The summed E-state index contributed by atoms with van der Waals surface area (Å²) in [6, 6.07) is 17.2. The number of nitriles is 1. The van der Waals surface area contributed by atoms with E-state index in [1.807, 2.05) is 36.4 Å². The number of aromatic amines is 1. The van der Waals surface area contributed by atoms with Gasteiger partial charge in [0.25, 0.3) is 0 Å². The standard InChI is InChI=1S/C18H14N4O/c19-10-11-5-7-12(8-6-11)13-9-14(13)17(23)22-18-20-15-3-1-2-4-16(15)21-18/h1-8,13-14H,9H2,(H2,20,21,22,23). The smallest absolute Gasteiger partial charge is 0.230 e. The predicted molar refractivity (Wildman–Crippen MR) is 86.7 cm³/mol. The van der Waals surface area contributed by atoms with Crippen LogP contribution in [0.5, 0.6) is 0 Å². The number of amides is 1. The Kier molecular flexibility index (Phi) is 3.09. The lowest BCUT2D eigenvalue weighted by Gasteiger charge is -2.02. The molecule has 0 saturated heterocycles. The lowest BCUT2D eigenvalue weighted by Crippen LogP contribution is -2.15. The van der Waals surface area contributed by atoms with Crippen LogP contribution in [0.2, 0.25) is 0 Å². The van der Waals surface area contributed by atoms with Gasteiger partial charge < -0.3 is 4.98 Å². The molecule has 1 aliphatic carbocycles. The molecule has 2 atom stereocenters. The number of H-pyrrole nitrogens is 1. The quantitative estimate of drug-likeness (QED) is 0.779. The van der Waals surface area contributed by atoms with Gasteiger partial charge in [-0.25, -0.2) is 4.98 Å². The highest BCUT2D eigenvalue weighted by molar-refractivity contribution is 5.95. The number of carbonyl (C=O) groups is 1. The van der Waals surface area contributed by atoms with Gasteiger partial charge in [0.15, 0.2) is 0 Å². The third-order valence-electron chi connectivity index (χ3n) is 4.23. The van der Waals surface area contributed by atoms with E-state index < -0.39 is 0 Å². The molecule has 1 heterocycles. The number of anilines is 1. The molecule has 1 fully saturated rings. The monoisotopic (exact) mass is 302 g/mol. The SMILES string of the molecule is N#Cc1ccc(C2CC2C(=O)Nc2nc3ccccc3[nH]2)cc1. The molecule has 0 radical (unpaired) electrons. The number of aromatic nitrogens is 2. The molecule has 1 saturated carbocycles. The maximum absolute atomic E-state index is 12.3. The van der Waals surface area contributed by atoms with E-state index in [1.165, 1.54) is 0 Å². The van der Waals surface area contributed by atoms with E-state index in [-0.39, 0.29) is 17.7 Å². The lowest BCUT2D eigenvalue weighted by atomic mass is 10.1. The Morgan fingerprint density at radius 1 is 1.22 bits per heavy atom. The normalized spacial score (nSPS) is 19.3. The van der Waals surface area contributed by atoms with Crippen molar-refractivity contribution in [3.63, 3.8) is 0 Å². The van der Waals surface area contributed by atoms with E-state index in [4.69, 9.17) is 5.26 Å². The number of hydrogen-bond donors (Lipinski definition) is 2. The Labute approximate surface area is 133 Å². The van der Waals surface area contributed by atoms with Crippen LogP contribution in [0.3, 0.4) is 0 Å². The molecule has 0 bridgehead atoms. The molecular formula is C18H14N4O. The summed E-state index contributed by atoms with van der Waals surface area (Å²) in [7, 11) is 0. The Morgan fingerprint density at radius 3 is 2.74 bits per heavy atom. The van der Waals surface area contributed by atoms with Crippen molar-refractivity contribution in [1.29, 1.82) is 5.26 Å². The van der Waals surface area contributed by atoms with E-state index in [1.54, 1.807) is 12.1 Å². The first-order valence-corrected chi connectivity index (χ1v) is 7.50. The molecule has 1 aromatic heterocycles. The number of fused-ring (bicyclic) bond motifs is 1. The Balaban J connectivity index is 1.45. The molecule has 0 aliphatic heterocycles. The van der Waals surface area contributed by atoms with Crippen LogP contribution >= 0.6 is 0 Å². The molecule has 2 aromatic carbocycles. The number of para-hydroxylation sites is 2. The fourth-order valence-corrected chi connectivity index (χ4v) is 2.88. The maximum Gasteiger partial charge on any atom is 0.230 e. The zero-order valence-electron chi connectivity index (χ0n) is 12.3. The first-order chi connectivity index (χ1) is 11.2. The summed E-state index contributed by atoms with van der Waals surface area (Å²) in [5.41, 5.74) is 3.48. The fourth-order valence-electron chi connectivity index (χ4n) is 2.88. The van der Waals surface area contributed by atoms with Crippen LogP contribution in [-0.2, 0) is 4.79 Å². The highest BCUT2D eigenvalue weighted by atomic mass is 16.2. The van der Waals surface area contributed by atoms with Crippen molar-refractivity contribution >= 4 is 22.9 Å². The van der Waals surface area contributed by atoms with Crippen molar-refractivity contribution < 1.29 is 4.79 Å². The number of imidazole rings is 1. The largest absolute Gasteiger partial charge is 0.324 e. The highest BCUT2D eigenvalue weighted by Crippen LogP contribution is 2.47. The highest BCUT2D eigenvalue weighted by Gasteiger charge is 2.44. The second-order valence-corrected chi connectivity index (χ2v) is 5.77. The van der Waals surface area contributed by atoms with Gasteiger partial charge in [-0.15, -0.1) is 0 Å². The second-order valence-electron chi connectivity index (χ2n) is 5.77. The van der Waals surface area contributed by atoms with E-state index in [0.29, 0.717) is 11.5 Å². The summed E-state index contributed by atoms with van der Waals surface area (Å²) < 4.78 is 0. The summed E-state index contributed by atoms with van der Waals surface area (Å²) in [6.07, 6.45) is 0.831. The Hall–Kier alpha value is -3.13. The van der Waals surface area contributed by atoms with E-state index in [2.05, 4.69) is 21.4 Å². The summed E-state index contributed by atoms with van der Waals surface area (Å²) in [4.78, 5) is 19.8. The second kappa shape index (κ2) is 5.25. The van der Waals surface area contributed by atoms with Gasteiger partial charge in [-0.3, -0.25) is 10.1 Å². The Morgan fingerprint density at radius 2 is 2.00 bits per heavy atom. The minimum Gasteiger partial charge on any atom is -0.324 e. The molecule has 0 spiro atoms. The average molecular weight is 302 g/mol. The van der Waals surface area contributed by atoms with Crippen LogP contribution < -0.4 is 5.32 Å². The van der Waals surface area contributed by atoms with Crippen LogP contribution in [0.1, 0.15) is 23.5 Å². The zero-order chi connectivity index (χ0) is 15.8. The van der Waals surface area contributed by atoms with Gasteiger partial charge in [-0.2, -0.15) is 5.26 Å². The molecule has 23 heavy (non-hydrogen) atoms. The lowest BCUT2D eigenvalue weighted by molar-refractivity contribution is -0.117. The van der Waals surface area contributed by atoms with Crippen molar-refractivity contribution in [3.8, 4) is 6.07 Å². The van der Waals surface area contributed by atoms with E-state index >= 15 is 0 Å². The van der Waals surface area contributed by atoms with Crippen LogP contribution in [0.25, 0.3) is 11.0 Å². The third kappa shape index (κ3) is 2.55. The fraction of sp³-hybridized carbons (Fsp3) is 0.167. The molecule has 2 unspecified atom stereocenters. The van der Waals surface area contributed by atoms with Crippen molar-refractivity contribution in [3.05, 3.63) is 59.7 Å². The summed E-state index contributed by atoms with van der Waals surface area (Å²) in [5.74, 6) is 0.670. The molecule has 1 amide bonds. The molecular weight excluding hydrogens is 288 g/mol. The van der Waals surface area contributed by atoms with Gasteiger partial charge in [0.05, 0.1) is 22.7 Å². The van der Waals surface area contributed by atoms with Crippen molar-refractivity contribution in [2.24, 2.45) is 5.92 Å². The summed E-state index contributed by atoms with van der Waals surface area (Å²) in [6.45, 7) is 0. The number of hydrogen-bond acceptors (Lipinski definition) is 3. The molecule has 4 rings (SSSR count). The number of benzene rings is 2. The van der Waals surface area contributed by atoms with E-state index in [0.717, 1.165) is 23.0 Å². The molecule has 112 valence electrons. The molecule has 1 aliphatic rings. The first kappa shape index (κ1) is 13.5. The van der Waals surface area contributed by atoms with Gasteiger partial charge in [0.1, 0.15) is 0 Å². The number of nitrogens with zero attached hydrogens (tertiary/aromatic N) is 2. The van der Waals surface area contributed by atoms with Gasteiger partial charge >= 0.3 is 0 Å². The number of nitrogens with one attached hydrogen (secondary N) is 2. The first-order valence-electron chi connectivity index (χ1n) is 7.50. The number of rotatable bonds is 3. The maximum atomic E-state index is 12.3. The van der Waals surface area contributed by atoms with Crippen LogP contribution in [0, 0.1) is 17.2 Å². The molecule has 5 nitrogen and oxygen atoms in total. The van der Waals surface area contributed by atoms with Crippen molar-refractivity contribution in [2.75, 3.05) is 5.32 Å². The van der Waals surface area contributed by atoms with Crippen LogP contribution in [0.4, 0.5) is 5.95 Å². The van der Waals surface area contributed by atoms with Crippen molar-refractivity contribution in [2.45, 2.75) is 12.3 Å². The predicted octanol–water partition coefficient (Wildman–Crippen LogP) is 3.18. The van der Waals surface area contributed by atoms with Gasteiger partial charge in [0.2, 0.25) is 11.9 Å². The summed E-state index contributed by atoms with van der Waals surface area (Å²) in [5, 5.41) is 11.7. The summed E-state index contributed by atoms with van der Waals surface area (Å²) >= 11 is 0. The average Bonchev–Trinajstić information content (AvgIpc) is 3.28. The van der Waals surface area contributed by atoms with Crippen LogP contribution in [0.15, 0.2) is 48.5 Å². The number of carbonyl (C=O) groups excluding carboxylic acids is 1. The van der Waals surface area contributed by atoms with Crippen molar-refractivity contribution in [1.82, 2.24) is 9.97 Å². The van der Waals surface area contributed by atoms with Gasteiger partial charge in [-0.05, 0) is 42.2 Å².